The van der Waals surface area contributed by atoms with Gasteiger partial charge in [-0.15, -0.1) is 0 Å². The monoisotopic (exact) mass is 352 g/mol. The third kappa shape index (κ3) is 2.84. The Morgan fingerprint density at radius 1 is 1.00 bits per heavy atom. The molecule has 2 heterocycles. The van der Waals surface area contributed by atoms with Crippen molar-refractivity contribution in [2.75, 3.05) is 13.2 Å². The van der Waals surface area contributed by atoms with Gasteiger partial charge < -0.3 is 18.3 Å². The maximum Gasteiger partial charge on any atom is 0.274 e. The Balaban J connectivity index is 1.88. The molecule has 1 saturated heterocycles. The predicted octanol–water partition coefficient (Wildman–Crippen LogP) is 5.07. The van der Waals surface area contributed by atoms with Crippen molar-refractivity contribution < 1.29 is 18.3 Å². The SMILES string of the molecule is CC(C)[Si](Oc1occ2c1CCC1(C2)OCCO1)(C(C)C)C(C)C. The van der Waals surface area contributed by atoms with Crippen LogP contribution in [-0.4, -0.2) is 27.3 Å². The van der Waals surface area contributed by atoms with Crippen LogP contribution < -0.4 is 4.43 Å². The second-order valence-corrected chi connectivity index (χ2v) is 13.6. The van der Waals surface area contributed by atoms with Crippen LogP contribution in [0.15, 0.2) is 10.7 Å². The summed E-state index contributed by atoms with van der Waals surface area (Å²) >= 11 is 0. The van der Waals surface area contributed by atoms with Crippen LogP contribution in [0.1, 0.15) is 59.1 Å². The van der Waals surface area contributed by atoms with Crippen molar-refractivity contribution in [2.24, 2.45) is 0 Å². The zero-order valence-electron chi connectivity index (χ0n) is 16.0. The molecular formula is C19H32O4Si. The topological polar surface area (TPSA) is 40.8 Å². The van der Waals surface area contributed by atoms with Gasteiger partial charge >= 0.3 is 0 Å². The molecule has 0 radical (unpaired) electrons. The highest BCUT2D eigenvalue weighted by Gasteiger charge is 2.49. The first kappa shape index (κ1) is 18.0. The second-order valence-electron chi connectivity index (χ2n) is 8.23. The number of ether oxygens (including phenoxy) is 2. The van der Waals surface area contributed by atoms with Crippen LogP contribution in [-0.2, 0) is 22.3 Å². The summed E-state index contributed by atoms with van der Waals surface area (Å²) in [6, 6.07) is 0. The highest BCUT2D eigenvalue weighted by atomic mass is 28.4. The summed E-state index contributed by atoms with van der Waals surface area (Å²) in [6.45, 7) is 15.2. The largest absolute Gasteiger partial charge is 0.518 e. The highest BCUT2D eigenvalue weighted by Crippen LogP contribution is 2.46. The van der Waals surface area contributed by atoms with Gasteiger partial charge in [-0.25, -0.2) is 0 Å². The first-order valence-corrected chi connectivity index (χ1v) is 11.5. The molecule has 5 heteroatoms. The Kier molecular flexibility index (Phi) is 4.88. The van der Waals surface area contributed by atoms with E-state index in [1.165, 1.54) is 11.1 Å². The van der Waals surface area contributed by atoms with Crippen molar-refractivity contribution in [3.8, 4) is 5.95 Å². The van der Waals surface area contributed by atoms with Gasteiger partial charge in [-0.2, -0.15) is 0 Å². The fraction of sp³-hybridized carbons (Fsp3) is 0.789. The van der Waals surface area contributed by atoms with Gasteiger partial charge in [0.15, 0.2) is 5.79 Å². The van der Waals surface area contributed by atoms with E-state index in [1.54, 1.807) is 0 Å². The van der Waals surface area contributed by atoms with Gasteiger partial charge in [0.2, 0.25) is 0 Å². The number of rotatable bonds is 5. The Hall–Kier alpha value is -0.783. The lowest BCUT2D eigenvalue weighted by molar-refractivity contribution is -0.163. The fourth-order valence-electron chi connectivity index (χ4n) is 4.85. The lowest BCUT2D eigenvalue weighted by atomic mass is 9.90. The van der Waals surface area contributed by atoms with E-state index in [-0.39, 0.29) is 0 Å². The van der Waals surface area contributed by atoms with Crippen molar-refractivity contribution in [1.82, 2.24) is 0 Å². The van der Waals surface area contributed by atoms with E-state index in [2.05, 4.69) is 41.5 Å². The minimum Gasteiger partial charge on any atom is -0.518 e. The van der Waals surface area contributed by atoms with Crippen molar-refractivity contribution >= 4 is 8.32 Å². The Morgan fingerprint density at radius 2 is 1.58 bits per heavy atom. The van der Waals surface area contributed by atoms with Crippen LogP contribution in [0.2, 0.25) is 16.6 Å². The normalized spacial score (nSPS) is 20.4. The van der Waals surface area contributed by atoms with E-state index >= 15 is 0 Å². The summed E-state index contributed by atoms with van der Waals surface area (Å²) in [7, 11) is -1.99. The molecule has 1 aliphatic carbocycles. The van der Waals surface area contributed by atoms with Gasteiger partial charge in [-0.3, -0.25) is 0 Å². The quantitative estimate of drug-likeness (QED) is 0.694. The number of hydrogen-bond acceptors (Lipinski definition) is 4. The van der Waals surface area contributed by atoms with Gasteiger partial charge in [-0.05, 0) is 23.0 Å². The Labute approximate surface area is 147 Å². The molecular weight excluding hydrogens is 320 g/mol. The molecule has 0 saturated carbocycles. The summed E-state index contributed by atoms with van der Waals surface area (Å²) in [5.74, 6) is 0.345. The van der Waals surface area contributed by atoms with Crippen LogP contribution in [0.4, 0.5) is 0 Å². The average Bonchev–Trinajstić information content (AvgIpc) is 3.11. The third-order valence-corrected chi connectivity index (χ3v) is 11.9. The standard InChI is InChI=1S/C19H32O4Si/c1-13(2)24(14(3)4,15(5)6)23-18-17-7-8-19(21-9-10-22-19)11-16(17)12-20-18/h12-15H,7-11H2,1-6H3. The molecule has 3 rings (SSSR count). The van der Waals surface area contributed by atoms with Crippen LogP contribution >= 0.6 is 0 Å². The van der Waals surface area contributed by atoms with Gasteiger partial charge in [0, 0.05) is 24.0 Å². The summed E-state index contributed by atoms with van der Waals surface area (Å²) in [5.41, 5.74) is 4.04. The first-order valence-electron chi connectivity index (χ1n) is 9.37. The molecule has 0 amide bonds. The molecule has 0 N–H and O–H groups in total. The zero-order valence-corrected chi connectivity index (χ0v) is 17.0. The molecule has 0 aromatic carbocycles. The van der Waals surface area contributed by atoms with Gasteiger partial charge in [-0.1, -0.05) is 41.5 Å². The number of furan rings is 1. The van der Waals surface area contributed by atoms with E-state index in [0.29, 0.717) is 29.8 Å². The Morgan fingerprint density at radius 3 is 2.12 bits per heavy atom. The van der Waals surface area contributed by atoms with Crippen LogP contribution in [0.25, 0.3) is 0 Å². The highest BCUT2D eigenvalue weighted by molar-refractivity contribution is 6.78. The minimum absolute atomic E-state index is 0.420. The molecule has 1 aliphatic heterocycles. The first-order chi connectivity index (χ1) is 11.3. The predicted molar refractivity (Wildman–Crippen MR) is 97.0 cm³/mol. The molecule has 4 nitrogen and oxygen atoms in total. The van der Waals surface area contributed by atoms with E-state index in [4.69, 9.17) is 18.3 Å². The van der Waals surface area contributed by atoms with E-state index in [0.717, 1.165) is 25.2 Å². The maximum absolute atomic E-state index is 6.77. The van der Waals surface area contributed by atoms with Gasteiger partial charge in [0.25, 0.3) is 14.3 Å². The molecule has 1 aromatic rings. The molecule has 1 fully saturated rings. The third-order valence-electron chi connectivity index (χ3n) is 5.95. The molecule has 0 unspecified atom stereocenters. The second kappa shape index (κ2) is 6.50. The van der Waals surface area contributed by atoms with Crippen molar-refractivity contribution in [2.45, 2.75) is 83.2 Å². The minimum atomic E-state index is -1.99. The number of hydrogen-bond donors (Lipinski definition) is 0. The summed E-state index contributed by atoms with van der Waals surface area (Å²) in [6.07, 6.45) is 4.42. The van der Waals surface area contributed by atoms with E-state index in [1.807, 2.05) is 6.26 Å². The molecule has 1 aromatic heterocycles. The van der Waals surface area contributed by atoms with E-state index < -0.39 is 14.1 Å². The average molecular weight is 353 g/mol. The smallest absolute Gasteiger partial charge is 0.274 e. The van der Waals surface area contributed by atoms with Gasteiger partial charge in [0.1, 0.15) is 0 Å². The lowest BCUT2D eigenvalue weighted by Gasteiger charge is -2.41. The van der Waals surface area contributed by atoms with Crippen molar-refractivity contribution in [1.29, 1.82) is 0 Å². The van der Waals surface area contributed by atoms with Crippen molar-refractivity contribution in [3.63, 3.8) is 0 Å². The summed E-state index contributed by atoms with van der Waals surface area (Å²) < 4.78 is 24.4. The number of fused-ring (bicyclic) bond motifs is 1. The van der Waals surface area contributed by atoms with Crippen LogP contribution in [0.3, 0.4) is 0 Å². The fourth-order valence-corrected chi connectivity index (χ4v) is 10.0. The maximum atomic E-state index is 6.77. The van der Waals surface area contributed by atoms with E-state index in [9.17, 15) is 0 Å². The molecule has 24 heavy (non-hydrogen) atoms. The van der Waals surface area contributed by atoms with Gasteiger partial charge in [0.05, 0.1) is 19.5 Å². The Bertz CT molecular complexity index is 548. The molecule has 2 aliphatic rings. The molecule has 0 atom stereocenters. The molecule has 136 valence electrons. The van der Waals surface area contributed by atoms with Crippen molar-refractivity contribution in [3.05, 3.63) is 17.4 Å². The van der Waals surface area contributed by atoms with Crippen LogP contribution in [0.5, 0.6) is 5.95 Å². The van der Waals surface area contributed by atoms with Crippen LogP contribution in [0, 0.1) is 0 Å². The lowest BCUT2D eigenvalue weighted by Crippen LogP contribution is -2.50. The molecule has 0 bridgehead atoms. The summed E-state index contributed by atoms with van der Waals surface area (Å²) in [4.78, 5) is 0. The zero-order chi connectivity index (χ0) is 17.5. The molecule has 1 spiro atoms. The summed E-state index contributed by atoms with van der Waals surface area (Å²) in [5, 5.41) is 0.